The average molecular weight is 338 g/mol. The number of nitrogens with one attached hydrogen (secondary N) is 1. The highest BCUT2D eigenvalue weighted by Gasteiger charge is 2.08. The topological polar surface area (TPSA) is 38.3 Å². The van der Waals surface area contributed by atoms with Gasteiger partial charge in [0.1, 0.15) is 5.75 Å². The molecule has 22 heavy (non-hydrogen) atoms. The number of carbonyl (C=O) groups is 1. The first-order valence-corrected chi connectivity index (χ1v) is 7.62. The van der Waals surface area contributed by atoms with E-state index in [4.69, 9.17) is 27.9 Å². The molecule has 0 saturated heterocycles. The van der Waals surface area contributed by atoms with E-state index in [0.717, 1.165) is 16.7 Å². The van der Waals surface area contributed by atoms with Crippen molar-refractivity contribution in [2.75, 3.05) is 6.61 Å². The third-order valence-corrected chi connectivity index (χ3v) is 3.60. The Bertz CT molecular complexity index is 663. The standard InChI is InChI=1S/C17H17Cl2NO2/c1-11-6-15(19)7-12(2)17(11)22-10-16(21)20-9-13-4-3-5-14(18)8-13/h3-8H,9-10H2,1-2H3,(H,20,21). The zero-order chi connectivity index (χ0) is 16.1. The number of halogens is 2. The van der Waals surface area contributed by atoms with Gasteiger partial charge in [-0.2, -0.15) is 0 Å². The van der Waals surface area contributed by atoms with Crippen molar-refractivity contribution in [2.45, 2.75) is 20.4 Å². The van der Waals surface area contributed by atoms with Crippen LogP contribution in [0.2, 0.25) is 10.0 Å². The van der Waals surface area contributed by atoms with Gasteiger partial charge in [-0.15, -0.1) is 0 Å². The second-order valence-corrected chi connectivity index (χ2v) is 5.94. The molecule has 1 N–H and O–H groups in total. The quantitative estimate of drug-likeness (QED) is 0.882. The van der Waals surface area contributed by atoms with Crippen molar-refractivity contribution in [3.8, 4) is 5.75 Å². The van der Waals surface area contributed by atoms with Crippen LogP contribution in [0.1, 0.15) is 16.7 Å². The van der Waals surface area contributed by atoms with E-state index in [1.165, 1.54) is 0 Å². The summed E-state index contributed by atoms with van der Waals surface area (Å²) in [5, 5.41) is 4.11. The van der Waals surface area contributed by atoms with Gasteiger partial charge in [0.15, 0.2) is 6.61 Å². The van der Waals surface area contributed by atoms with Gasteiger partial charge in [0.05, 0.1) is 0 Å². The van der Waals surface area contributed by atoms with Crippen LogP contribution < -0.4 is 10.1 Å². The minimum atomic E-state index is -0.186. The number of amides is 1. The largest absolute Gasteiger partial charge is 0.483 e. The van der Waals surface area contributed by atoms with Crippen LogP contribution in [0.5, 0.6) is 5.75 Å². The van der Waals surface area contributed by atoms with E-state index in [1.54, 1.807) is 6.07 Å². The molecule has 0 bridgehead atoms. The smallest absolute Gasteiger partial charge is 0.258 e. The SMILES string of the molecule is Cc1cc(Cl)cc(C)c1OCC(=O)NCc1cccc(Cl)c1. The van der Waals surface area contributed by atoms with E-state index in [9.17, 15) is 4.79 Å². The summed E-state index contributed by atoms with van der Waals surface area (Å²) in [5.41, 5.74) is 2.76. The van der Waals surface area contributed by atoms with Gasteiger partial charge in [-0.25, -0.2) is 0 Å². The zero-order valence-electron chi connectivity index (χ0n) is 12.5. The lowest BCUT2D eigenvalue weighted by molar-refractivity contribution is -0.123. The normalized spacial score (nSPS) is 10.4. The predicted molar refractivity (Wildman–Crippen MR) is 89.7 cm³/mol. The van der Waals surface area contributed by atoms with Gasteiger partial charge in [0.2, 0.25) is 0 Å². The van der Waals surface area contributed by atoms with Crippen molar-refractivity contribution in [1.29, 1.82) is 0 Å². The first-order valence-electron chi connectivity index (χ1n) is 6.86. The molecule has 0 unspecified atom stereocenters. The number of rotatable bonds is 5. The van der Waals surface area contributed by atoms with Crippen LogP contribution >= 0.6 is 23.2 Å². The van der Waals surface area contributed by atoms with Gasteiger partial charge >= 0.3 is 0 Å². The lowest BCUT2D eigenvalue weighted by atomic mass is 10.1. The fourth-order valence-corrected chi connectivity index (χ4v) is 2.70. The number of ether oxygens (including phenoxy) is 1. The lowest BCUT2D eigenvalue weighted by Gasteiger charge is -2.12. The van der Waals surface area contributed by atoms with Crippen molar-refractivity contribution in [3.05, 3.63) is 63.1 Å². The molecule has 2 rings (SSSR count). The monoisotopic (exact) mass is 337 g/mol. The molecule has 2 aromatic rings. The number of carbonyl (C=O) groups excluding carboxylic acids is 1. The van der Waals surface area contributed by atoms with E-state index in [0.29, 0.717) is 22.3 Å². The Morgan fingerprint density at radius 3 is 2.41 bits per heavy atom. The first kappa shape index (κ1) is 16.7. The molecule has 0 aliphatic rings. The molecule has 0 aromatic heterocycles. The van der Waals surface area contributed by atoms with E-state index in [2.05, 4.69) is 5.32 Å². The van der Waals surface area contributed by atoms with Crippen molar-refractivity contribution in [2.24, 2.45) is 0 Å². The van der Waals surface area contributed by atoms with Crippen LogP contribution in [-0.4, -0.2) is 12.5 Å². The summed E-state index contributed by atoms with van der Waals surface area (Å²) < 4.78 is 5.60. The minimum absolute atomic E-state index is 0.0378. The predicted octanol–water partition coefficient (Wildman–Crippen LogP) is 4.31. The molecule has 0 fully saturated rings. The fourth-order valence-electron chi connectivity index (χ4n) is 2.16. The molecule has 0 radical (unpaired) electrons. The molecule has 0 atom stereocenters. The first-order chi connectivity index (χ1) is 10.5. The summed E-state index contributed by atoms with van der Waals surface area (Å²) in [6.07, 6.45) is 0. The third-order valence-electron chi connectivity index (χ3n) is 3.15. The Morgan fingerprint density at radius 2 is 1.77 bits per heavy atom. The highest BCUT2D eigenvalue weighted by Crippen LogP contribution is 2.26. The zero-order valence-corrected chi connectivity index (χ0v) is 14.0. The fraction of sp³-hybridized carbons (Fsp3) is 0.235. The highest BCUT2D eigenvalue weighted by atomic mass is 35.5. The van der Waals surface area contributed by atoms with Crippen LogP contribution in [0.4, 0.5) is 0 Å². The molecule has 0 aliphatic heterocycles. The van der Waals surface area contributed by atoms with Gasteiger partial charge in [-0.05, 0) is 54.8 Å². The van der Waals surface area contributed by atoms with Crippen LogP contribution in [-0.2, 0) is 11.3 Å². The molecule has 0 saturated carbocycles. The molecule has 2 aromatic carbocycles. The van der Waals surface area contributed by atoms with E-state index >= 15 is 0 Å². The van der Waals surface area contributed by atoms with E-state index < -0.39 is 0 Å². The molecule has 0 aliphatic carbocycles. The Balaban J connectivity index is 1.88. The number of hydrogen-bond acceptors (Lipinski definition) is 2. The second-order valence-electron chi connectivity index (χ2n) is 5.06. The number of aryl methyl sites for hydroxylation is 2. The lowest BCUT2D eigenvalue weighted by Crippen LogP contribution is -2.28. The van der Waals surface area contributed by atoms with E-state index in [1.807, 2.05) is 44.2 Å². The summed E-state index contributed by atoms with van der Waals surface area (Å²) in [5.74, 6) is 0.510. The summed E-state index contributed by atoms with van der Waals surface area (Å²) >= 11 is 11.9. The molecular formula is C17H17Cl2NO2. The molecule has 0 spiro atoms. The van der Waals surface area contributed by atoms with Gasteiger partial charge in [0.25, 0.3) is 5.91 Å². The summed E-state index contributed by atoms with van der Waals surface area (Å²) in [7, 11) is 0. The van der Waals surface area contributed by atoms with Crippen molar-refractivity contribution >= 4 is 29.1 Å². The van der Waals surface area contributed by atoms with Gasteiger partial charge in [0, 0.05) is 16.6 Å². The maximum atomic E-state index is 11.9. The van der Waals surface area contributed by atoms with Crippen molar-refractivity contribution < 1.29 is 9.53 Å². The van der Waals surface area contributed by atoms with E-state index in [-0.39, 0.29) is 12.5 Å². The Kier molecular flexibility index (Phi) is 5.69. The van der Waals surface area contributed by atoms with Crippen LogP contribution in [0.25, 0.3) is 0 Å². The van der Waals surface area contributed by atoms with Crippen molar-refractivity contribution in [1.82, 2.24) is 5.32 Å². The van der Waals surface area contributed by atoms with Crippen LogP contribution in [0, 0.1) is 13.8 Å². The third kappa shape index (κ3) is 4.65. The van der Waals surface area contributed by atoms with Crippen LogP contribution in [0.15, 0.2) is 36.4 Å². The maximum absolute atomic E-state index is 11.9. The summed E-state index contributed by atoms with van der Waals surface area (Å²) in [6.45, 7) is 4.18. The Morgan fingerprint density at radius 1 is 1.09 bits per heavy atom. The highest BCUT2D eigenvalue weighted by molar-refractivity contribution is 6.31. The number of hydrogen-bond donors (Lipinski definition) is 1. The summed E-state index contributed by atoms with van der Waals surface area (Å²) in [4.78, 5) is 11.9. The van der Waals surface area contributed by atoms with Gasteiger partial charge in [-0.3, -0.25) is 4.79 Å². The molecule has 3 nitrogen and oxygen atoms in total. The average Bonchev–Trinajstić information content (AvgIpc) is 2.44. The maximum Gasteiger partial charge on any atom is 0.258 e. The number of benzene rings is 2. The van der Waals surface area contributed by atoms with Gasteiger partial charge in [-0.1, -0.05) is 35.3 Å². The Hall–Kier alpha value is -1.71. The molecular weight excluding hydrogens is 321 g/mol. The summed E-state index contributed by atoms with van der Waals surface area (Å²) in [6, 6.07) is 11.0. The molecule has 0 heterocycles. The Labute approximate surface area is 140 Å². The van der Waals surface area contributed by atoms with Crippen molar-refractivity contribution in [3.63, 3.8) is 0 Å². The molecule has 116 valence electrons. The second kappa shape index (κ2) is 7.52. The molecule has 1 amide bonds. The minimum Gasteiger partial charge on any atom is -0.483 e. The van der Waals surface area contributed by atoms with Crippen LogP contribution in [0.3, 0.4) is 0 Å². The molecule has 5 heteroatoms. The van der Waals surface area contributed by atoms with Gasteiger partial charge < -0.3 is 10.1 Å².